The van der Waals surface area contributed by atoms with Gasteiger partial charge in [0.2, 0.25) is 21.0 Å². The fraction of sp³-hybridized carbons (Fsp3) is 0.480. The number of rotatable bonds is 2. The van der Waals surface area contributed by atoms with Crippen molar-refractivity contribution in [1.29, 1.82) is 0 Å². The van der Waals surface area contributed by atoms with Crippen LogP contribution in [0.2, 0.25) is 0 Å². The number of carbonyl (C=O) groups is 1. The molecule has 4 aromatic heterocycles. The number of carbonyl (C=O) groups excluding carboxylic acids is 1. The maximum atomic E-state index is 16.0. The second kappa shape index (κ2) is 11.7. The first kappa shape index (κ1) is 32.0. The monoisotopic (exact) mass is 701 g/mol. The van der Waals surface area contributed by atoms with Gasteiger partial charge in [0, 0.05) is 24.2 Å². The van der Waals surface area contributed by atoms with E-state index in [4.69, 9.17) is 42.7 Å². The van der Waals surface area contributed by atoms with Gasteiger partial charge in [-0.2, -0.15) is 0 Å². The molecule has 4 aliphatic heterocycles. The molecule has 0 spiro atoms. The highest BCUT2D eigenvalue weighted by molar-refractivity contribution is 7.79. The van der Waals surface area contributed by atoms with E-state index >= 15 is 4.39 Å². The van der Waals surface area contributed by atoms with Gasteiger partial charge in [0.25, 0.3) is 20.5 Å². The number of hydrogen-bond acceptors (Lipinski definition) is 14. The number of aromatic nitrogens is 6. The number of alkyl halides is 1. The van der Waals surface area contributed by atoms with Gasteiger partial charge in [-0.05, 0) is 18.1 Å². The maximum Gasteiger partial charge on any atom is 0.278 e. The Balaban J connectivity index is 1.08. The zero-order chi connectivity index (χ0) is 33.5. The molecule has 0 saturated carbocycles. The highest BCUT2D eigenvalue weighted by Gasteiger charge is 2.53. The molecule has 10 atom stereocenters. The summed E-state index contributed by atoms with van der Waals surface area (Å²) in [7, 11) is 2.68. The van der Waals surface area contributed by atoms with E-state index in [1.165, 1.54) is 10.8 Å². The van der Waals surface area contributed by atoms with Gasteiger partial charge < -0.3 is 47.5 Å². The number of nitrogens with one attached hydrogen (secondary N) is 2. The molecule has 8 rings (SSSR count). The van der Waals surface area contributed by atoms with E-state index in [-0.39, 0.29) is 23.5 Å². The fourth-order valence-corrected chi connectivity index (χ4v) is 8.42. The lowest BCUT2D eigenvalue weighted by molar-refractivity contribution is -0.116. The molecule has 248 valence electrons. The average Bonchev–Trinajstić information content (AvgIpc) is 3.75. The largest absolute Gasteiger partial charge is 0.386 e. The van der Waals surface area contributed by atoms with Gasteiger partial charge >= 0.3 is 0 Å². The summed E-state index contributed by atoms with van der Waals surface area (Å²) < 4.78 is 79.2. The van der Waals surface area contributed by atoms with Crippen molar-refractivity contribution in [3.05, 3.63) is 47.0 Å². The molecular formula is C25H24B2FN7O11P2. The summed E-state index contributed by atoms with van der Waals surface area (Å²) in [6, 6.07) is 1.65. The van der Waals surface area contributed by atoms with Crippen molar-refractivity contribution in [1.82, 2.24) is 29.1 Å². The molecule has 0 aliphatic carbocycles. The minimum absolute atomic E-state index is 0.0194. The minimum atomic E-state index is -4.59. The van der Waals surface area contributed by atoms with E-state index in [0.29, 0.717) is 23.1 Å². The zero-order valence-electron chi connectivity index (χ0n) is 24.5. The van der Waals surface area contributed by atoms with Crippen molar-refractivity contribution < 1.29 is 51.0 Å². The van der Waals surface area contributed by atoms with Crippen LogP contribution in [0.4, 0.5) is 10.1 Å². The molecule has 23 heteroatoms. The van der Waals surface area contributed by atoms with Crippen LogP contribution in [0.25, 0.3) is 22.2 Å². The number of anilines is 1. The molecule has 48 heavy (non-hydrogen) atoms. The van der Waals surface area contributed by atoms with Crippen LogP contribution in [-0.4, -0.2) is 105 Å². The van der Waals surface area contributed by atoms with Crippen LogP contribution in [0.5, 0.6) is 0 Å². The number of halogens is 1. The number of amides is 1. The molecule has 3 fully saturated rings. The van der Waals surface area contributed by atoms with Crippen LogP contribution >= 0.6 is 14.9 Å². The van der Waals surface area contributed by atoms with E-state index in [1.54, 1.807) is 12.3 Å². The van der Waals surface area contributed by atoms with Crippen molar-refractivity contribution >= 4 is 63.9 Å². The molecule has 0 bridgehead atoms. The fourth-order valence-electron chi connectivity index (χ4n) is 6.40. The smallest absolute Gasteiger partial charge is 0.278 e. The first-order valence-electron chi connectivity index (χ1n) is 14.6. The number of H-pyrrole nitrogens is 1. The Bertz CT molecular complexity index is 2100. The molecule has 4 aliphatic rings. The molecule has 0 aromatic carbocycles. The number of aromatic amines is 1. The highest BCUT2D eigenvalue weighted by Crippen LogP contribution is 2.54. The van der Waals surface area contributed by atoms with Crippen molar-refractivity contribution in [2.75, 3.05) is 18.5 Å². The number of imidazole rings is 1. The van der Waals surface area contributed by atoms with Gasteiger partial charge in [-0.15, -0.1) is 0 Å². The summed E-state index contributed by atoms with van der Waals surface area (Å²) >= 11 is 0. The summed E-state index contributed by atoms with van der Waals surface area (Å²) in [5, 5.41) is 14.9. The van der Waals surface area contributed by atoms with E-state index < -0.39 is 82.9 Å². The van der Waals surface area contributed by atoms with Crippen molar-refractivity contribution in [3.63, 3.8) is 0 Å². The lowest BCUT2D eigenvalue weighted by Crippen LogP contribution is -2.38. The third-order valence-corrected chi connectivity index (χ3v) is 10.6. The number of pyridine rings is 1. The Kier molecular flexibility index (Phi) is 7.78. The quantitative estimate of drug-likeness (QED) is 0.196. The number of hydrogen-bond donors (Lipinski definition) is 3. The minimum Gasteiger partial charge on any atom is -0.386 e. The van der Waals surface area contributed by atoms with Gasteiger partial charge in [0.05, 0.1) is 31.6 Å². The molecule has 18 nitrogen and oxygen atoms in total. The van der Waals surface area contributed by atoms with Crippen LogP contribution in [0.15, 0.2) is 35.9 Å². The second-order valence-corrected chi connectivity index (χ2v) is 14.7. The van der Waals surface area contributed by atoms with Crippen LogP contribution in [0, 0.1) is 0 Å². The third kappa shape index (κ3) is 5.47. The number of fused-ring (bicyclic) bond motifs is 3. The summed E-state index contributed by atoms with van der Waals surface area (Å²) in [6.07, 6.45) is -6.37. The van der Waals surface area contributed by atoms with Gasteiger partial charge in [0.15, 0.2) is 29.8 Å². The first-order chi connectivity index (χ1) is 22.9. The van der Waals surface area contributed by atoms with E-state index in [1.807, 2.05) is 0 Å². The van der Waals surface area contributed by atoms with Gasteiger partial charge in [-0.3, -0.25) is 23.3 Å². The number of aliphatic hydroxyl groups is 1. The number of nitrogens with zero attached hydrogens (tertiary/aromatic N) is 5. The Labute approximate surface area is 271 Å². The number of ether oxygens (including phenoxy) is 2. The normalized spacial score (nSPS) is 37.3. The van der Waals surface area contributed by atoms with E-state index in [9.17, 15) is 23.8 Å². The van der Waals surface area contributed by atoms with Gasteiger partial charge in [0.1, 0.15) is 36.2 Å². The average molecular weight is 701 g/mol. The van der Waals surface area contributed by atoms with Crippen LogP contribution in [-0.2, 0) is 47.9 Å². The summed E-state index contributed by atoms with van der Waals surface area (Å²) in [6.45, 7) is -1.36. The Morgan fingerprint density at radius 2 is 1.65 bits per heavy atom. The third-order valence-electron chi connectivity index (χ3n) is 8.55. The Morgan fingerprint density at radius 1 is 0.938 bits per heavy atom. The van der Waals surface area contributed by atoms with Crippen molar-refractivity contribution in [3.8, 4) is 0 Å². The molecule has 4 radical (unpaired) electrons. The maximum absolute atomic E-state index is 16.0. The summed E-state index contributed by atoms with van der Waals surface area (Å²) in [5.41, 5.74) is 0.964. The lowest BCUT2D eigenvalue weighted by Gasteiger charge is -2.30. The number of aryl methyl sites for hydroxylation is 1. The molecule has 3 saturated heterocycles. The zero-order valence-corrected chi connectivity index (χ0v) is 26.3. The molecule has 4 aromatic rings. The summed E-state index contributed by atoms with van der Waals surface area (Å²) in [4.78, 5) is 39.0. The van der Waals surface area contributed by atoms with Crippen molar-refractivity contribution in [2.24, 2.45) is 0 Å². The SMILES string of the molecule is [B]P1(=O)OC[C@H]2O[C@@H](n3cnc4c(=O)[nH]cnc43)C(F)[C@H]2OP([B])(=O)OC[C@H]2O[C@@H](n3cc4c5c(ccnc53)NC(=O)CC4)[C@@H](O)C2O1. The standard InChI is InChI=1S/C25H24B2FN7O11P2/c26-47(39)42-7-13-20(18(37)25(44-13)34-5-10-1-2-14(36)33-11-3-4-29-21(34)15(10)11)46-48(27,40)41-6-12-19(45-47)16(28)24(43-12)35-9-32-17-22(35)30-8-31-23(17)38/h3-5,8-9,12-13,16,18-20,24-25,37H,1-2,6-7H2,(H,33,36)(H,30,31,38)/t12-,13-,16?,18+,19+,20?,24-,25-,47?,48?/m1/s1. The number of aliphatic hydroxyl groups excluding tert-OH is 1. The Hall–Kier alpha value is -3.25. The topological polar surface area (TPSA) is 220 Å². The van der Waals surface area contributed by atoms with Crippen LogP contribution in [0.1, 0.15) is 24.4 Å². The van der Waals surface area contributed by atoms with Crippen molar-refractivity contribution in [2.45, 2.75) is 62.0 Å². The predicted molar refractivity (Wildman–Crippen MR) is 162 cm³/mol. The van der Waals surface area contributed by atoms with Gasteiger partial charge in [-0.1, -0.05) is 0 Å². The Morgan fingerprint density at radius 3 is 2.42 bits per heavy atom. The van der Waals surface area contributed by atoms with E-state index in [0.717, 1.165) is 22.8 Å². The summed E-state index contributed by atoms with van der Waals surface area (Å²) in [5.74, 6) is -0.162. The van der Waals surface area contributed by atoms with Gasteiger partial charge in [-0.25, -0.2) is 19.3 Å². The highest BCUT2D eigenvalue weighted by atomic mass is 31.2. The van der Waals surface area contributed by atoms with Crippen LogP contribution in [0.3, 0.4) is 0 Å². The molecular weight excluding hydrogens is 677 g/mol. The van der Waals surface area contributed by atoms with Crippen LogP contribution < -0.4 is 10.9 Å². The molecule has 4 unspecified atom stereocenters. The molecule has 1 amide bonds. The predicted octanol–water partition coefficient (Wildman–Crippen LogP) is 0.918. The molecule has 8 heterocycles. The lowest BCUT2D eigenvalue weighted by atomic mass is 10.1. The molecule has 3 N–H and O–H groups in total. The van der Waals surface area contributed by atoms with E-state index in [2.05, 4.69) is 25.3 Å². The second-order valence-electron chi connectivity index (χ2n) is 11.6. The first-order valence-corrected chi connectivity index (χ1v) is 17.9.